The van der Waals surface area contributed by atoms with Crippen LogP contribution in [0.2, 0.25) is 4.47 Å². The largest absolute Gasteiger partial charge is 0.396 e. The van der Waals surface area contributed by atoms with Crippen LogP contribution >= 0.6 is 22.9 Å². The molecule has 1 aromatic heterocycles. The molecule has 98 valence electrons. The number of hydrogen-bond donors (Lipinski definition) is 2. The van der Waals surface area contributed by atoms with E-state index in [-0.39, 0.29) is 27.2 Å². The third-order valence-corrected chi connectivity index (χ3v) is 5.34. The first kappa shape index (κ1) is 14.8. The van der Waals surface area contributed by atoms with E-state index in [0.717, 1.165) is 11.3 Å². The zero-order valence-electron chi connectivity index (χ0n) is 9.55. The van der Waals surface area contributed by atoms with Crippen LogP contribution in [-0.4, -0.2) is 31.2 Å². The van der Waals surface area contributed by atoms with E-state index < -0.39 is 10.0 Å². The van der Waals surface area contributed by atoms with Gasteiger partial charge in [-0.05, 0) is 12.3 Å². The van der Waals surface area contributed by atoms with Gasteiger partial charge in [0.1, 0.15) is 0 Å². The third kappa shape index (κ3) is 4.18. The van der Waals surface area contributed by atoms with Crippen LogP contribution in [0, 0.1) is 5.92 Å². The molecule has 2 N–H and O–H groups in total. The Kier molecular flexibility index (Phi) is 5.33. The molecule has 0 aliphatic carbocycles. The lowest BCUT2D eigenvalue weighted by atomic mass is 10.0. The molecule has 0 aliphatic rings. The Labute approximate surface area is 110 Å². The van der Waals surface area contributed by atoms with Gasteiger partial charge in [-0.1, -0.05) is 36.8 Å². The van der Waals surface area contributed by atoms with E-state index in [4.69, 9.17) is 16.7 Å². The maximum Gasteiger partial charge on any atom is 0.251 e. The Balaban J connectivity index is 2.84. The highest BCUT2D eigenvalue weighted by molar-refractivity contribution is 7.91. The molecule has 1 unspecified atom stereocenters. The van der Waals surface area contributed by atoms with Crippen molar-refractivity contribution in [1.29, 1.82) is 0 Å². The van der Waals surface area contributed by atoms with Crippen molar-refractivity contribution in [2.24, 2.45) is 5.92 Å². The monoisotopic (exact) mass is 298 g/mol. The summed E-state index contributed by atoms with van der Waals surface area (Å²) >= 11 is 6.51. The molecule has 1 rings (SSSR count). The van der Waals surface area contributed by atoms with E-state index >= 15 is 0 Å². The molecule has 0 spiro atoms. The molecule has 0 radical (unpaired) electrons. The molecular weight excluding hydrogens is 284 g/mol. The van der Waals surface area contributed by atoms with Gasteiger partial charge in [0.15, 0.2) is 8.68 Å². The van der Waals surface area contributed by atoms with E-state index in [1.54, 1.807) is 0 Å². The number of aromatic nitrogens is 1. The van der Waals surface area contributed by atoms with Crippen molar-refractivity contribution < 1.29 is 13.5 Å². The second-order valence-corrected chi connectivity index (χ2v) is 7.47. The second kappa shape index (κ2) is 6.10. The first-order chi connectivity index (χ1) is 7.86. The van der Waals surface area contributed by atoms with Crippen LogP contribution in [0.3, 0.4) is 0 Å². The summed E-state index contributed by atoms with van der Waals surface area (Å²) in [6, 6.07) is -0.300. The number of rotatable bonds is 6. The summed E-state index contributed by atoms with van der Waals surface area (Å²) in [5.74, 6) is 0.0975. The fraction of sp³-hybridized carbons (Fsp3) is 0.667. The summed E-state index contributed by atoms with van der Waals surface area (Å²) in [5.41, 5.74) is 0. The van der Waals surface area contributed by atoms with Gasteiger partial charge in [-0.2, -0.15) is 0 Å². The van der Waals surface area contributed by atoms with Gasteiger partial charge in [0.05, 0.1) is 6.20 Å². The molecule has 5 nitrogen and oxygen atoms in total. The van der Waals surface area contributed by atoms with Gasteiger partial charge in [-0.15, -0.1) is 0 Å². The van der Waals surface area contributed by atoms with Crippen molar-refractivity contribution in [2.75, 3.05) is 6.61 Å². The van der Waals surface area contributed by atoms with Crippen LogP contribution in [0.1, 0.15) is 20.3 Å². The molecular formula is C9H15ClN2O3S2. The number of halogens is 1. The Hall–Kier alpha value is -0.210. The number of thiazole rings is 1. The van der Waals surface area contributed by atoms with E-state index in [1.165, 1.54) is 6.20 Å². The predicted octanol–water partition coefficient (Wildman–Crippen LogP) is 1.48. The highest BCUT2D eigenvalue weighted by Gasteiger charge is 2.23. The minimum Gasteiger partial charge on any atom is -0.396 e. The normalized spacial score (nSPS) is 14.2. The summed E-state index contributed by atoms with van der Waals surface area (Å²) in [6.45, 7) is 3.72. The number of nitrogens with zero attached hydrogens (tertiary/aromatic N) is 1. The molecule has 0 amide bonds. The highest BCUT2D eigenvalue weighted by atomic mass is 35.5. The quantitative estimate of drug-likeness (QED) is 0.834. The van der Waals surface area contributed by atoms with Crippen LogP contribution in [0.5, 0.6) is 0 Å². The van der Waals surface area contributed by atoms with E-state index in [0.29, 0.717) is 6.42 Å². The van der Waals surface area contributed by atoms with Gasteiger partial charge in [0.25, 0.3) is 10.0 Å². The molecule has 0 fully saturated rings. The van der Waals surface area contributed by atoms with Gasteiger partial charge >= 0.3 is 0 Å². The zero-order chi connectivity index (χ0) is 13.1. The maximum atomic E-state index is 12.0. The van der Waals surface area contributed by atoms with Crippen molar-refractivity contribution in [3.05, 3.63) is 10.7 Å². The molecule has 0 saturated carbocycles. The summed E-state index contributed by atoms with van der Waals surface area (Å²) in [6.07, 6.45) is 1.61. The van der Waals surface area contributed by atoms with Crippen molar-refractivity contribution in [3.63, 3.8) is 0 Å². The SMILES string of the molecule is CC(C)C(CCO)NS(=O)(=O)c1cnc(Cl)s1. The van der Waals surface area contributed by atoms with Gasteiger partial charge in [-0.3, -0.25) is 0 Å². The van der Waals surface area contributed by atoms with E-state index in [2.05, 4.69) is 9.71 Å². The second-order valence-electron chi connectivity index (χ2n) is 3.92. The van der Waals surface area contributed by atoms with Crippen LogP contribution in [0.4, 0.5) is 0 Å². The lowest BCUT2D eigenvalue weighted by Gasteiger charge is -2.20. The predicted molar refractivity (Wildman–Crippen MR) is 67.8 cm³/mol. The van der Waals surface area contributed by atoms with Crippen molar-refractivity contribution in [3.8, 4) is 0 Å². The minimum atomic E-state index is -3.60. The van der Waals surface area contributed by atoms with Crippen molar-refractivity contribution in [1.82, 2.24) is 9.71 Å². The van der Waals surface area contributed by atoms with E-state index in [1.807, 2.05) is 13.8 Å². The average Bonchev–Trinajstić information content (AvgIpc) is 2.64. The lowest BCUT2D eigenvalue weighted by molar-refractivity contribution is 0.256. The standard InChI is InChI=1S/C9H15ClN2O3S2/c1-6(2)7(3-4-13)12-17(14,15)8-5-11-9(10)16-8/h5-7,12-13H,3-4H2,1-2H3. The van der Waals surface area contributed by atoms with Gasteiger partial charge in [0, 0.05) is 12.6 Å². The Bertz CT molecular complexity index is 459. The maximum absolute atomic E-state index is 12.0. The van der Waals surface area contributed by atoms with Gasteiger partial charge in [0.2, 0.25) is 0 Å². The lowest BCUT2D eigenvalue weighted by Crippen LogP contribution is -2.38. The molecule has 1 aromatic rings. The topological polar surface area (TPSA) is 79.3 Å². The number of aliphatic hydroxyl groups is 1. The third-order valence-electron chi connectivity index (χ3n) is 2.27. The van der Waals surface area contributed by atoms with Crippen LogP contribution in [0.15, 0.2) is 10.4 Å². The number of aliphatic hydroxyl groups excluding tert-OH is 1. The van der Waals surface area contributed by atoms with Gasteiger partial charge in [-0.25, -0.2) is 18.1 Å². The molecule has 0 saturated heterocycles. The van der Waals surface area contributed by atoms with Gasteiger partial charge < -0.3 is 5.11 Å². The van der Waals surface area contributed by atoms with Crippen LogP contribution in [0.25, 0.3) is 0 Å². The summed E-state index contributed by atoms with van der Waals surface area (Å²) in [4.78, 5) is 3.70. The fourth-order valence-corrected chi connectivity index (χ4v) is 4.02. The number of sulfonamides is 1. The van der Waals surface area contributed by atoms with Crippen molar-refractivity contribution >= 4 is 33.0 Å². The Morgan fingerprint density at radius 3 is 2.65 bits per heavy atom. The first-order valence-electron chi connectivity index (χ1n) is 5.11. The first-order valence-corrected chi connectivity index (χ1v) is 7.79. The minimum absolute atomic E-state index is 0.0607. The van der Waals surface area contributed by atoms with Crippen molar-refractivity contribution in [2.45, 2.75) is 30.5 Å². The molecule has 17 heavy (non-hydrogen) atoms. The Morgan fingerprint density at radius 2 is 2.24 bits per heavy atom. The molecule has 8 heteroatoms. The van der Waals surface area contributed by atoms with E-state index in [9.17, 15) is 8.42 Å². The average molecular weight is 299 g/mol. The van der Waals surface area contributed by atoms with Crippen LogP contribution < -0.4 is 4.72 Å². The molecule has 0 bridgehead atoms. The summed E-state index contributed by atoms with van der Waals surface area (Å²) in [7, 11) is -3.60. The zero-order valence-corrected chi connectivity index (χ0v) is 11.9. The summed E-state index contributed by atoms with van der Waals surface area (Å²) in [5, 5.41) is 8.89. The summed E-state index contributed by atoms with van der Waals surface area (Å²) < 4.78 is 26.7. The number of nitrogens with one attached hydrogen (secondary N) is 1. The van der Waals surface area contributed by atoms with Crippen LogP contribution in [-0.2, 0) is 10.0 Å². The molecule has 1 atom stereocenters. The Morgan fingerprint density at radius 1 is 1.59 bits per heavy atom. The number of hydrogen-bond acceptors (Lipinski definition) is 5. The molecule has 1 heterocycles. The highest BCUT2D eigenvalue weighted by Crippen LogP contribution is 2.23. The molecule has 0 aliphatic heterocycles. The smallest absolute Gasteiger partial charge is 0.251 e. The fourth-order valence-electron chi connectivity index (χ4n) is 1.29. The molecule has 0 aromatic carbocycles.